The van der Waals surface area contributed by atoms with Crippen molar-refractivity contribution in [2.75, 3.05) is 13.1 Å². The smallest absolute Gasteiger partial charge is 0.373 e. The molecule has 27 heavy (non-hydrogen) atoms. The van der Waals surface area contributed by atoms with Gasteiger partial charge in [0.05, 0.1) is 0 Å². The molecule has 1 atom stereocenters. The van der Waals surface area contributed by atoms with Crippen LogP contribution in [0.2, 0.25) is 0 Å². The Labute approximate surface area is 152 Å². The number of carbonyl (C=O) groups is 1. The summed E-state index contributed by atoms with van der Waals surface area (Å²) in [4.78, 5) is 13.1. The minimum Gasteiger partial charge on any atom is -0.373 e. The topological polar surface area (TPSA) is 71.2 Å². The molecule has 0 saturated carbocycles. The Morgan fingerprint density at radius 2 is 1.78 bits per heavy atom. The molecule has 1 aromatic heterocycles. The largest absolute Gasteiger partial charge is 0.426 e. The number of hydrogen-bond acceptors (Lipinski definition) is 4. The molecule has 0 spiro atoms. The van der Waals surface area contributed by atoms with Gasteiger partial charge < -0.3 is 10.0 Å². The fraction of sp³-hybridized carbons (Fsp3) is 0.471. The van der Waals surface area contributed by atoms with Crippen molar-refractivity contribution in [1.29, 1.82) is 0 Å². The number of aliphatic hydroxyl groups is 1. The van der Waals surface area contributed by atoms with Crippen molar-refractivity contribution in [3.05, 3.63) is 42.2 Å². The molecule has 1 aromatic carbocycles. The van der Waals surface area contributed by atoms with E-state index in [4.69, 9.17) is 0 Å². The van der Waals surface area contributed by atoms with E-state index >= 15 is 0 Å². The number of alkyl halides is 3. The number of aromatic nitrogens is 3. The average Bonchev–Trinajstić information content (AvgIpc) is 3.10. The van der Waals surface area contributed by atoms with Crippen LogP contribution in [0.4, 0.5) is 17.6 Å². The van der Waals surface area contributed by atoms with E-state index < -0.39 is 17.7 Å². The highest BCUT2D eigenvalue weighted by molar-refractivity contribution is 5.85. The summed E-state index contributed by atoms with van der Waals surface area (Å²) in [6.07, 6.45) is -2.81. The first-order chi connectivity index (χ1) is 12.6. The van der Waals surface area contributed by atoms with Crippen molar-refractivity contribution >= 4 is 5.91 Å². The highest BCUT2D eigenvalue weighted by Crippen LogP contribution is 2.34. The first-order valence-electron chi connectivity index (χ1n) is 8.35. The maximum absolute atomic E-state index is 13.1. The zero-order valence-electron chi connectivity index (χ0n) is 14.4. The molecule has 1 N–H and O–H groups in total. The summed E-state index contributed by atoms with van der Waals surface area (Å²) in [5, 5.41) is 17.5. The van der Waals surface area contributed by atoms with Crippen LogP contribution >= 0.6 is 0 Å². The lowest BCUT2D eigenvalue weighted by atomic mass is 9.94. The lowest BCUT2D eigenvalue weighted by Gasteiger charge is -2.36. The molecule has 1 saturated heterocycles. The standard InChI is InChI=1S/C17H18F4N4O2/c1-16(27,17(19,20)21)15(26)24-8-6-11(7-9-24)14-23-22-10-25(14)13-4-2-12(18)3-5-13/h2-5,10-11,27H,6-9H2,1H3. The number of piperidine rings is 1. The number of carbonyl (C=O) groups excluding carboxylic acids is 1. The number of hydrogen-bond donors (Lipinski definition) is 1. The van der Waals surface area contributed by atoms with Gasteiger partial charge in [-0.05, 0) is 44.0 Å². The molecule has 1 unspecified atom stereocenters. The highest BCUT2D eigenvalue weighted by Gasteiger charge is 2.57. The Bertz CT molecular complexity index is 809. The second kappa shape index (κ2) is 6.91. The van der Waals surface area contributed by atoms with E-state index in [1.165, 1.54) is 18.5 Å². The van der Waals surface area contributed by atoms with Gasteiger partial charge in [-0.15, -0.1) is 10.2 Å². The molecule has 1 aliphatic rings. The molecule has 0 bridgehead atoms. The van der Waals surface area contributed by atoms with Gasteiger partial charge in [0.15, 0.2) is 0 Å². The zero-order chi connectivity index (χ0) is 19.8. The van der Waals surface area contributed by atoms with E-state index in [0.29, 0.717) is 31.3 Å². The Hall–Kier alpha value is -2.49. The summed E-state index contributed by atoms with van der Waals surface area (Å²) in [5.74, 6) is -1.26. The van der Waals surface area contributed by atoms with Crippen LogP contribution in [0, 0.1) is 5.82 Å². The van der Waals surface area contributed by atoms with Crippen molar-refractivity contribution in [3.63, 3.8) is 0 Å². The van der Waals surface area contributed by atoms with Crippen molar-refractivity contribution in [3.8, 4) is 5.69 Å². The Morgan fingerprint density at radius 1 is 1.19 bits per heavy atom. The normalized spacial score (nSPS) is 18.4. The second-order valence-electron chi connectivity index (χ2n) is 6.67. The quantitative estimate of drug-likeness (QED) is 0.823. The molecular weight excluding hydrogens is 368 g/mol. The molecule has 1 amide bonds. The van der Waals surface area contributed by atoms with Gasteiger partial charge >= 0.3 is 6.18 Å². The van der Waals surface area contributed by atoms with Crippen LogP contribution in [0.15, 0.2) is 30.6 Å². The van der Waals surface area contributed by atoms with Gasteiger partial charge in [-0.3, -0.25) is 9.36 Å². The lowest BCUT2D eigenvalue weighted by molar-refractivity contribution is -0.250. The van der Waals surface area contributed by atoms with Gasteiger partial charge in [0.2, 0.25) is 5.60 Å². The maximum Gasteiger partial charge on any atom is 0.426 e. The summed E-state index contributed by atoms with van der Waals surface area (Å²) in [7, 11) is 0. The number of halogens is 4. The van der Waals surface area contributed by atoms with Crippen molar-refractivity contribution in [2.24, 2.45) is 0 Å². The Morgan fingerprint density at radius 3 is 2.33 bits per heavy atom. The van der Waals surface area contributed by atoms with Gasteiger partial charge in [-0.2, -0.15) is 13.2 Å². The average molecular weight is 386 g/mol. The third kappa shape index (κ3) is 3.66. The summed E-state index contributed by atoms with van der Waals surface area (Å²) >= 11 is 0. The van der Waals surface area contributed by atoms with E-state index in [-0.39, 0.29) is 24.8 Å². The molecule has 0 aliphatic carbocycles. The number of nitrogens with zero attached hydrogens (tertiary/aromatic N) is 4. The molecule has 6 nitrogen and oxygen atoms in total. The number of rotatable bonds is 3. The van der Waals surface area contributed by atoms with Crippen molar-refractivity contribution in [1.82, 2.24) is 19.7 Å². The van der Waals surface area contributed by atoms with Crippen LogP contribution < -0.4 is 0 Å². The number of likely N-dealkylation sites (tertiary alicyclic amines) is 1. The highest BCUT2D eigenvalue weighted by atomic mass is 19.4. The van der Waals surface area contributed by atoms with Crippen LogP contribution in [0.25, 0.3) is 5.69 Å². The fourth-order valence-corrected chi connectivity index (χ4v) is 3.09. The zero-order valence-corrected chi connectivity index (χ0v) is 14.4. The maximum atomic E-state index is 13.1. The lowest BCUT2D eigenvalue weighted by Crippen LogP contribution is -2.57. The first kappa shape index (κ1) is 19.3. The van der Waals surface area contributed by atoms with Crippen molar-refractivity contribution in [2.45, 2.75) is 37.5 Å². The van der Waals surface area contributed by atoms with Gasteiger partial charge in [-0.25, -0.2) is 4.39 Å². The number of benzene rings is 1. The third-order valence-corrected chi connectivity index (χ3v) is 4.79. The van der Waals surface area contributed by atoms with Gasteiger partial charge in [-0.1, -0.05) is 0 Å². The summed E-state index contributed by atoms with van der Waals surface area (Å²) in [6, 6.07) is 5.75. The monoisotopic (exact) mass is 386 g/mol. The molecule has 1 fully saturated rings. The van der Waals surface area contributed by atoms with Crippen LogP contribution in [0.3, 0.4) is 0 Å². The van der Waals surface area contributed by atoms with Gasteiger partial charge in [0.1, 0.15) is 18.0 Å². The molecular formula is C17H18F4N4O2. The summed E-state index contributed by atoms with van der Waals surface area (Å²) in [5.41, 5.74) is -2.75. The minimum absolute atomic E-state index is 0.0615. The Balaban J connectivity index is 1.71. The summed E-state index contributed by atoms with van der Waals surface area (Å²) in [6.45, 7) is 0.588. The molecule has 10 heteroatoms. The van der Waals surface area contributed by atoms with E-state index in [9.17, 15) is 27.5 Å². The summed E-state index contributed by atoms with van der Waals surface area (Å²) < 4.78 is 53.4. The van der Waals surface area contributed by atoms with Crippen molar-refractivity contribution < 1.29 is 27.5 Å². The molecule has 2 heterocycles. The molecule has 0 radical (unpaired) electrons. The molecule has 1 aliphatic heterocycles. The van der Waals surface area contributed by atoms with Gasteiger partial charge in [0, 0.05) is 24.7 Å². The SMILES string of the molecule is CC(O)(C(=O)N1CCC(c2nncn2-c2ccc(F)cc2)CC1)C(F)(F)F. The van der Waals surface area contributed by atoms with E-state index in [1.807, 2.05) is 0 Å². The predicted molar refractivity (Wildman–Crippen MR) is 86.6 cm³/mol. The van der Waals surface area contributed by atoms with E-state index in [0.717, 1.165) is 4.90 Å². The third-order valence-electron chi connectivity index (χ3n) is 4.79. The minimum atomic E-state index is -5.04. The Kier molecular flexibility index (Phi) is 4.94. The van der Waals surface area contributed by atoms with Crippen LogP contribution in [0.1, 0.15) is 31.5 Å². The van der Waals surface area contributed by atoms with Crippen LogP contribution in [-0.4, -0.2) is 55.5 Å². The fourth-order valence-electron chi connectivity index (χ4n) is 3.09. The molecule has 146 valence electrons. The second-order valence-corrected chi connectivity index (χ2v) is 6.67. The number of amides is 1. The van der Waals surface area contributed by atoms with Crippen LogP contribution in [0.5, 0.6) is 0 Å². The molecule has 3 rings (SSSR count). The molecule has 2 aromatic rings. The first-order valence-corrected chi connectivity index (χ1v) is 8.35. The van der Waals surface area contributed by atoms with E-state index in [2.05, 4.69) is 10.2 Å². The van der Waals surface area contributed by atoms with Gasteiger partial charge in [0.25, 0.3) is 5.91 Å². The predicted octanol–water partition coefficient (Wildman–Crippen LogP) is 2.43. The van der Waals surface area contributed by atoms with Crippen LogP contribution in [-0.2, 0) is 4.79 Å². The van der Waals surface area contributed by atoms with E-state index in [1.54, 1.807) is 16.7 Å².